The Balaban J connectivity index is 0.937. The number of likely N-dealkylation sites (N-methyl/N-ethyl adjacent to an activating group) is 2. The van der Waals surface area contributed by atoms with Crippen LogP contribution in [0.1, 0.15) is 126 Å². The number of aliphatic hydroxyl groups excluding tert-OH is 1. The van der Waals surface area contributed by atoms with Gasteiger partial charge in [-0.15, -0.1) is 5.10 Å². The monoisotopic (exact) mass is 1270 g/mol. The quantitative estimate of drug-likeness (QED) is 0.0561. The minimum absolute atomic E-state index is 0.0558. The van der Waals surface area contributed by atoms with E-state index >= 15 is 0 Å². The van der Waals surface area contributed by atoms with Crippen molar-refractivity contribution >= 4 is 31.2 Å². The molecular weight excluding hydrogens is 1170 g/mol. The van der Waals surface area contributed by atoms with Gasteiger partial charge < -0.3 is 81.4 Å². The second-order valence-corrected chi connectivity index (χ2v) is 31.8. The molecule has 89 heavy (non-hydrogen) atoms. The number of hydrogen-bond donors (Lipinski definition) is 3. The third-order valence-corrected chi connectivity index (χ3v) is 23.0. The van der Waals surface area contributed by atoms with Gasteiger partial charge in [0.15, 0.2) is 33.3 Å². The van der Waals surface area contributed by atoms with E-state index in [1.807, 2.05) is 64.2 Å². The lowest BCUT2D eigenvalue weighted by atomic mass is 9.82. The number of aliphatic hydroxyl groups is 2. The Morgan fingerprint density at radius 1 is 0.910 bits per heavy atom. The van der Waals surface area contributed by atoms with Gasteiger partial charge in [-0.3, -0.25) is 9.59 Å². The number of esters is 2. The van der Waals surface area contributed by atoms with Crippen molar-refractivity contribution in [1.82, 2.24) is 25.2 Å². The molecule has 2 aromatic heterocycles. The SMILES string of the molecule is CN[C@H]1CC[C@H](O[C@H]2/C=C/C=C/C[C@@H](C)OC(=O)C[C@H]3OC(O[Si](C)(C)C(C)(C)C)C[C@@H](C[C@H]2C)[C@H](O[C@@H]2O[C@H](C)[C@@H](O[C@H]4C[C@@](C)(O)[C@@H](OC(=O)CCCc5cn(CCOc6ccc7ccc(=O)oc7c6)nn5)[C@H](C)O4)[C@H](N(C)C)[C@H]2O)[C@H]3OC)O[C@@H]1C. The third-order valence-electron chi connectivity index (χ3n) is 18.6. The van der Waals surface area contributed by atoms with Gasteiger partial charge in [0.05, 0.1) is 61.3 Å². The topological polar surface area (TPSA) is 262 Å². The van der Waals surface area contributed by atoms with E-state index in [2.05, 4.69) is 69.4 Å². The van der Waals surface area contributed by atoms with E-state index in [9.17, 15) is 24.6 Å². The highest BCUT2D eigenvalue weighted by Crippen LogP contribution is 2.44. The van der Waals surface area contributed by atoms with Gasteiger partial charge >= 0.3 is 17.6 Å². The van der Waals surface area contributed by atoms with Gasteiger partial charge in [0.1, 0.15) is 54.2 Å². The maximum atomic E-state index is 14.0. The molecule has 24 heteroatoms. The second-order valence-electron chi connectivity index (χ2n) is 27.0. The van der Waals surface area contributed by atoms with Crippen LogP contribution in [0, 0.1) is 11.8 Å². The van der Waals surface area contributed by atoms with E-state index in [4.69, 9.17) is 60.9 Å². The molecule has 498 valence electrons. The van der Waals surface area contributed by atoms with Crippen molar-refractivity contribution < 1.29 is 80.8 Å². The first-order valence-electron chi connectivity index (χ1n) is 31.9. The van der Waals surface area contributed by atoms with Crippen LogP contribution >= 0.6 is 0 Å². The van der Waals surface area contributed by atoms with Gasteiger partial charge in [-0.25, -0.2) is 9.48 Å². The molecule has 3 N–H and O–H groups in total. The molecule has 0 saturated carbocycles. The van der Waals surface area contributed by atoms with Crippen LogP contribution in [0.5, 0.6) is 5.75 Å². The van der Waals surface area contributed by atoms with E-state index in [0.717, 1.165) is 11.8 Å². The summed E-state index contributed by atoms with van der Waals surface area (Å²) in [4.78, 5) is 40.9. The number of hydrogen-bond acceptors (Lipinski definition) is 22. The number of aryl methyl sites for hydroxylation is 1. The summed E-state index contributed by atoms with van der Waals surface area (Å²) in [6, 6.07) is 7.84. The van der Waals surface area contributed by atoms with Gasteiger partial charge in [-0.1, -0.05) is 57.2 Å². The molecule has 4 fully saturated rings. The van der Waals surface area contributed by atoms with Crippen molar-refractivity contribution in [3.63, 3.8) is 0 Å². The lowest BCUT2D eigenvalue weighted by Gasteiger charge is -2.50. The maximum Gasteiger partial charge on any atom is 0.336 e. The second kappa shape index (κ2) is 30.9. The number of fused-ring (bicyclic) bond motifs is 4. The molecule has 5 aliphatic rings. The summed E-state index contributed by atoms with van der Waals surface area (Å²) in [6.07, 6.45) is 1.94. The van der Waals surface area contributed by atoms with E-state index in [0.29, 0.717) is 68.7 Å². The molecule has 3 aromatic rings. The van der Waals surface area contributed by atoms with Crippen molar-refractivity contribution in [1.29, 1.82) is 0 Å². The molecule has 7 heterocycles. The summed E-state index contributed by atoms with van der Waals surface area (Å²) >= 11 is 0. The summed E-state index contributed by atoms with van der Waals surface area (Å²) in [6.45, 7) is 22.8. The van der Waals surface area contributed by atoms with Crippen molar-refractivity contribution in [2.75, 3.05) is 34.9 Å². The van der Waals surface area contributed by atoms with E-state index in [1.54, 1.807) is 50.0 Å². The van der Waals surface area contributed by atoms with E-state index in [-0.39, 0.29) is 48.3 Å². The molecule has 20 atom stereocenters. The molecule has 0 radical (unpaired) electrons. The number of allylic oxidation sites excluding steroid dienone is 2. The average Bonchev–Trinajstić information content (AvgIpc) is 2.33. The van der Waals surface area contributed by atoms with Crippen LogP contribution < -0.4 is 15.7 Å². The average molecular weight is 1270 g/mol. The van der Waals surface area contributed by atoms with Gasteiger partial charge in [-0.05, 0) is 136 Å². The third kappa shape index (κ3) is 18.6. The van der Waals surface area contributed by atoms with Crippen LogP contribution in [-0.4, -0.2) is 195 Å². The highest BCUT2D eigenvalue weighted by molar-refractivity contribution is 6.74. The smallest absolute Gasteiger partial charge is 0.336 e. The van der Waals surface area contributed by atoms with E-state index < -0.39 is 124 Å². The summed E-state index contributed by atoms with van der Waals surface area (Å²) in [5.41, 5.74) is -0.879. The molecule has 8 rings (SSSR count). The fourth-order valence-electron chi connectivity index (χ4n) is 12.7. The van der Waals surface area contributed by atoms with Crippen LogP contribution in [0.3, 0.4) is 0 Å². The summed E-state index contributed by atoms with van der Waals surface area (Å²) < 4.78 is 85.7. The zero-order valence-corrected chi connectivity index (χ0v) is 55.9. The Kier molecular flexibility index (Phi) is 24.5. The summed E-state index contributed by atoms with van der Waals surface area (Å²) in [5, 5.41) is 37.1. The van der Waals surface area contributed by atoms with Gasteiger partial charge in [0.25, 0.3) is 0 Å². The standard InChI is InChI=1S/C65H101N5O18Si/c1-38-32-44-33-55(88-89(14,15)64(6,7)8)84-50(35-53(73)78-39(2)20-17-16-18-22-48(38)83-54-29-27-47(66-10)40(3)79-54)61(76-13)60(44)87-63-58(74)57(69(11)12)59(41(4)81-63)86-56-36-65(9,75)62(42(5)80-56)85-51(71)23-19-21-45-37-70(68-67-45)30-31-77-46-26-24-43-25-28-52(72)82-49(43)34-46/h16-18,22,24-26,28,34,37-42,44,47-48,50,54-63,66,74-75H,19-21,23,27,29-33,35-36H2,1-15H3/b17-16+,22-18+/t38-,39-,40-,41-,42+,44-,47+,48+,50-,54+,55?,56+,57-,58-,59-,60+,61+,62+,63+,65-/m1/s1. The van der Waals surface area contributed by atoms with Gasteiger partial charge in [-0.2, -0.15) is 0 Å². The predicted molar refractivity (Wildman–Crippen MR) is 332 cm³/mol. The molecule has 0 amide bonds. The molecule has 4 saturated heterocycles. The number of carbonyl (C=O) groups is 2. The number of cyclic esters (lactones) is 1. The van der Waals surface area contributed by atoms with Crippen LogP contribution in [0.2, 0.25) is 18.1 Å². The first-order chi connectivity index (χ1) is 42.1. The number of rotatable bonds is 20. The predicted octanol–water partition coefficient (Wildman–Crippen LogP) is 7.52. The van der Waals surface area contributed by atoms with Crippen molar-refractivity contribution in [2.24, 2.45) is 11.8 Å². The Bertz CT molecular complexity index is 2880. The molecule has 2 bridgehead atoms. The molecule has 0 aliphatic carbocycles. The van der Waals surface area contributed by atoms with Crippen LogP contribution in [0.4, 0.5) is 0 Å². The number of ether oxygens (including phenoxy) is 11. The number of nitrogens with zero attached hydrogens (tertiary/aromatic N) is 4. The molecule has 0 spiro atoms. The molecule has 5 aliphatic heterocycles. The first-order valence-corrected chi connectivity index (χ1v) is 34.8. The fraction of sp³-hybridized carbons (Fsp3) is 0.738. The van der Waals surface area contributed by atoms with Crippen LogP contribution in [0.25, 0.3) is 11.0 Å². The minimum Gasteiger partial charge on any atom is -0.492 e. The Morgan fingerprint density at radius 3 is 2.37 bits per heavy atom. The molecule has 1 unspecified atom stereocenters. The normalized spacial score (nSPS) is 36.1. The lowest BCUT2D eigenvalue weighted by Crippen LogP contribution is -2.65. The highest BCUT2D eigenvalue weighted by Gasteiger charge is 2.54. The molecular formula is C65H101N5O18Si. The Morgan fingerprint density at radius 2 is 1.66 bits per heavy atom. The Hall–Kier alpha value is -4.51. The summed E-state index contributed by atoms with van der Waals surface area (Å²) in [5.74, 6) is -0.914. The van der Waals surface area contributed by atoms with Crippen LogP contribution in [-0.2, 0) is 74.3 Å². The van der Waals surface area contributed by atoms with E-state index in [1.165, 1.54) is 6.07 Å². The molecule has 23 nitrogen and oxygen atoms in total. The number of nitrogens with one attached hydrogen (secondary N) is 1. The number of benzene rings is 1. The lowest BCUT2D eigenvalue weighted by molar-refractivity contribution is -0.343. The van der Waals surface area contributed by atoms with Gasteiger partial charge in [0, 0.05) is 62.6 Å². The number of methoxy groups -OCH3 is 1. The number of aromatic nitrogens is 3. The number of carbonyl (C=O) groups excluding carboxylic acids is 2. The van der Waals surface area contributed by atoms with Gasteiger partial charge in [0.2, 0.25) is 0 Å². The maximum absolute atomic E-state index is 14.0. The molecule has 1 aromatic carbocycles. The van der Waals surface area contributed by atoms with Crippen LogP contribution in [0.15, 0.2) is 70.0 Å². The van der Waals surface area contributed by atoms with Crippen molar-refractivity contribution in [2.45, 2.75) is 261 Å². The largest absolute Gasteiger partial charge is 0.492 e. The first kappa shape index (κ1) is 70.4. The fourth-order valence-corrected chi connectivity index (χ4v) is 13.8. The zero-order chi connectivity index (χ0) is 64.5. The van der Waals surface area contributed by atoms with Crippen molar-refractivity contribution in [3.05, 3.63) is 76.9 Å². The summed E-state index contributed by atoms with van der Waals surface area (Å²) in [7, 11) is 4.69. The Labute approximate surface area is 525 Å². The zero-order valence-electron chi connectivity index (χ0n) is 54.9. The van der Waals surface area contributed by atoms with Crippen molar-refractivity contribution in [3.8, 4) is 5.75 Å². The minimum atomic E-state index is -2.51. The highest BCUT2D eigenvalue weighted by atomic mass is 28.4.